The second kappa shape index (κ2) is 13.5. The van der Waals surface area contributed by atoms with E-state index in [0.29, 0.717) is 22.7 Å². The van der Waals surface area contributed by atoms with Crippen LogP contribution >= 0.6 is 0 Å². The highest BCUT2D eigenvalue weighted by molar-refractivity contribution is 5.94. The van der Waals surface area contributed by atoms with Gasteiger partial charge in [0.15, 0.2) is 0 Å². The molecule has 1 aliphatic heterocycles. The minimum Gasteiger partial charge on any atom is -0.495 e. The lowest BCUT2D eigenvalue weighted by Gasteiger charge is -2.27. The van der Waals surface area contributed by atoms with Crippen LogP contribution in [0.3, 0.4) is 0 Å². The van der Waals surface area contributed by atoms with Crippen LogP contribution < -0.4 is 31.3 Å². The van der Waals surface area contributed by atoms with Crippen molar-refractivity contribution in [3.63, 3.8) is 0 Å². The number of anilines is 2. The van der Waals surface area contributed by atoms with Gasteiger partial charge in [0, 0.05) is 55.8 Å². The van der Waals surface area contributed by atoms with E-state index in [0.717, 1.165) is 49.1 Å². The summed E-state index contributed by atoms with van der Waals surface area (Å²) in [5.41, 5.74) is 8.65. The molecule has 2 aromatic carbocycles. The number of carbonyl (C=O) groups excluding carboxylic acids is 1. The van der Waals surface area contributed by atoms with Crippen LogP contribution in [0, 0.1) is 11.6 Å². The van der Waals surface area contributed by atoms with E-state index in [1.54, 1.807) is 13.2 Å². The Morgan fingerprint density at radius 2 is 1.84 bits per heavy atom. The molecule has 0 radical (unpaired) electrons. The van der Waals surface area contributed by atoms with E-state index in [1.165, 1.54) is 25.0 Å². The van der Waals surface area contributed by atoms with E-state index in [1.807, 2.05) is 12.1 Å². The number of ether oxygens (including phenoxy) is 1. The summed E-state index contributed by atoms with van der Waals surface area (Å²) in [5.74, 6) is -0.498. The van der Waals surface area contributed by atoms with Gasteiger partial charge in [0.05, 0.1) is 18.4 Å². The number of unbranched alkanes of at least 4 members (excludes halogenated alkanes) is 2. The highest BCUT2D eigenvalue weighted by atomic mass is 19.1. The Balaban J connectivity index is 1.78. The number of nitrogens with two attached hydrogens (primary N) is 1. The third-order valence-corrected chi connectivity index (χ3v) is 6.10. The van der Waals surface area contributed by atoms with Crippen molar-refractivity contribution < 1.29 is 18.3 Å². The van der Waals surface area contributed by atoms with Gasteiger partial charge in [-0.05, 0) is 42.7 Å². The number of amides is 1. The van der Waals surface area contributed by atoms with Crippen LogP contribution in [0.4, 0.5) is 20.2 Å². The Labute approximate surface area is 217 Å². The summed E-state index contributed by atoms with van der Waals surface area (Å²) in [4.78, 5) is 14.3. The summed E-state index contributed by atoms with van der Waals surface area (Å²) in [6.07, 6.45) is 6.24. The van der Waals surface area contributed by atoms with Crippen molar-refractivity contribution in [1.29, 1.82) is 0 Å². The lowest BCUT2D eigenvalue weighted by Crippen LogP contribution is -2.35. The Morgan fingerprint density at radius 1 is 1.08 bits per heavy atom. The van der Waals surface area contributed by atoms with Crippen molar-refractivity contribution in [3.05, 3.63) is 76.8 Å². The molecule has 5 N–H and O–H groups in total. The smallest absolute Gasteiger partial charge is 0.248 e. The SMILES string of the molecule is CCCCCN(CCC)c1ccc(NC2=CC(NCc3cc(F)cc(F)c3)=C(C(N)=O)CN2)cc1OC. The quantitative estimate of drug-likeness (QED) is 0.272. The zero-order valence-electron chi connectivity index (χ0n) is 21.8. The van der Waals surface area contributed by atoms with E-state index in [4.69, 9.17) is 10.5 Å². The van der Waals surface area contributed by atoms with Crippen LogP contribution in [-0.4, -0.2) is 32.7 Å². The minimum absolute atomic E-state index is 0.123. The third-order valence-electron chi connectivity index (χ3n) is 6.10. The summed E-state index contributed by atoms with van der Waals surface area (Å²) >= 11 is 0. The molecule has 0 saturated carbocycles. The van der Waals surface area contributed by atoms with Gasteiger partial charge in [-0.1, -0.05) is 26.7 Å². The van der Waals surface area contributed by atoms with Gasteiger partial charge in [-0.25, -0.2) is 8.78 Å². The average molecular weight is 514 g/mol. The van der Waals surface area contributed by atoms with E-state index < -0.39 is 17.5 Å². The molecule has 0 fully saturated rings. The zero-order valence-corrected chi connectivity index (χ0v) is 21.8. The molecule has 37 heavy (non-hydrogen) atoms. The molecule has 0 atom stereocenters. The molecule has 0 aliphatic carbocycles. The molecule has 0 aromatic heterocycles. The number of dihydropyridines is 1. The van der Waals surface area contributed by atoms with Crippen molar-refractivity contribution in [3.8, 4) is 5.75 Å². The molecular weight excluding hydrogens is 476 g/mol. The number of nitrogens with one attached hydrogen (secondary N) is 3. The van der Waals surface area contributed by atoms with Gasteiger partial charge < -0.3 is 31.3 Å². The first kappa shape index (κ1) is 27.8. The maximum atomic E-state index is 13.6. The highest BCUT2D eigenvalue weighted by Gasteiger charge is 2.18. The van der Waals surface area contributed by atoms with Crippen molar-refractivity contribution in [2.45, 2.75) is 46.1 Å². The van der Waals surface area contributed by atoms with Crippen LogP contribution in [0.25, 0.3) is 0 Å². The van der Waals surface area contributed by atoms with Crippen LogP contribution in [-0.2, 0) is 11.3 Å². The maximum Gasteiger partial charge on any atom is 0.248 e. The van der Waals surface area contributed by atoms with Crippen molar-refractivity contribution >= 4 is 17.3 Å². The van der Waals surface area contributed by atoms with Gasteiger partial charge in [-0.3, -0.25) is 4.79 Å². The fourth-order valence-electron chi connectivity index (χ4n) is 4.28. The summed E-state index contributed by atoms with van der Waals surface area (Å²) in [7, 11) is 1.66. The first-order chi connectivity index (χ1) is 17.8. The number of hydrogen-bond acceptors (Lipinski definition) is 6. The topological polar surface area (TPSA) is 91.6 Å². The predicted octanol–water partition coefficient (Wildman–Crippen LogP) is 4.77. The largest absolute Gasteiger partial charge is 0.495 e. The molecule has 0 bridgehead atoms. The van der Waals surface area contributed by atoms with Gasteiger partial charge >= 0.3 is 0 Å². The molecule has 200 valence electrons. The molecule has 0 spiro atoms. The molecule has 1 heterocycles. The highest BCUT2D eigenvalue weighted by Crippen LogP contribution is 2.32. The second-order valence-electron chi connectivity index (χ2n) is 9.01. The number of rotatable bonds is 14. The van der Waals surface area contributed by atoms with Crippen LogP contribution in [0.1, 0.15) is 45.1 Å². The number of methoxy groups -OCH3 is 1. The fourth-order valence-corrected chi connectivity index (χ4v) is 4.28. The van der Waals surface area contributed by atoms with Gasteiger partial charge in [-0.2, -0.15) is 0 Å². The monoisotopic (exact) mass is 513 g/mol. The van der Waals surface area contributed by atoms with E-state index in [9.17, 15) is 13.6 Å². The van der Waals surface area contributed by atoms with Crippen LogP contribution in [0.15, 0.2) is 59.6 Å². The normalized spacial score (nSPS) is 13.1. The lowest BCUT2D eigenvalue weighted by atomic mass is 10.1. The number of halogens is 2. The predicted molar refractivity (Wildman–Crippen MR) is 144 cm³/mol. The van der Waals surface area contributed by atoms with E-state index >= 15 is 0 Å². The summed E-state index contributed by atoms with van der Waals surface area (Å²) in [6, 6.07) is 9.27. The van der Waals surface area contributed by atoms with Crippen molar-refractivity contribution in [2.24, 2.45) is 5.73 Å². The summed E-state index contributed by atoms with van der Waals surface area (Å²) in [5, 5.41) is 9.55. The second-order valence-corrected chi connectivity index (χ2v) is 9.01. The maximum absolute atomic E-state index is 13.6. The standard InChI is InChI=1S/C28H37F2N5O2/c1-4-6-7-11-35(10-5-2)25-9-8-22(15-26(25)37-3)34-27-16-24(23(18-33-27)28(31)36)32-17-19-12-20(29)14-21(30)13-19/h8-9,12-16,32-34H,4-7,10-11,17-18H2,1-3H3,(H2,31,36). The van der Waals surface area contributed by atoms with Gasteiger partial charge in [0.1, 0.15) is 23.2 Å². The molecular formula is C28H37F2N5O2. The van der Waals surface area contributed by atoms with Gasteiger partial charge in [0.2, 0.25) is 5.91 Å². The zero-order chi connectivity index (χ0) is 26.8. The van der Waals surface area contributed by atoms with Crippen LogP contribution in [0.2, 0.25) is 0 Å². The molecule has 3 rings (SSSR count). The number of allylic oxidation sites excluding steroid dienone is 1. The lowest BCUT2D eigenvalue weighted by molar-refractivity contribution is -0.114. The fraction of sp³-hybridized carbons (Fsp3) is 0.393. The third kappa shape index (κ3) is 7.87. The number of benzene rings is 2. The van der Waals surface area contributed by atoms with Crippen LogP contribution in [0.5, 0.6) is 5.75 Å². The first-order valence-corrected chi connectivity index (χ1v) is 12.7. The number of carbonyl (C=O) groups is 1. The van der Waals surface area contributed by atoms with Gasteiger partial charge in [-0.15, -0.1) is 0 Å². The molecule has 1 amide bonds. The molecule has 1 aliphatic rings. The van der Waals surface area contributed by atoms with Crippen molar-refractivity contribution in [2.75, 3.05) is 37.0 Å². The van der Waals surface area contributed by atoms with E-state index in [-0.39, 0.29) is 13.1 Å². The Morgan fingerprint density at radius 3 is 2.49 bits per heavy atom. The average Bonchev–Trinajstić information content (AvgIpc) is 2.86. The summed E-state index contributed by atoms with van der Waals surface area (Å²) in [6.45, 7) is 6.61. The summed E-state index contributed by atoms with van der Waals surface area (Å²) < 4.78 is 32.8. The van der Waals surface area contributed by atoms with Crippen molar-refractivity contribution in [1.82, 2.24) is 10.6 Å². The molecule has 0 saturated heterocycles. The molecule has 7 nitrogen and oxygen atoms in total. The minimum atomic E-state index is -0.663. The first-order valence-electron chi connectivity index (χ1n) is 12.7. The number of primary amides is 1. The molecule has 0 unspecified atom stereocenters. The Bertz CT molecular complexity index is 1130. The van der Waals surface area contributed by atoms with Gasteiger partial charge in [0.25, 0.3) is 0 Å². The number of nitrogens with zero attached hydrogens (tertiary/aromatic N) is 1. The Hall–Kier alpha value is -3.75. The molecule has 2 aromatic rings. The number of hydrogen-bond donors (Lipinski definition) is 4. The molecule has 9 heteroatoms. The Kier molecular flexibility index (Phi) is 10.2. The van der Waals surface area contributed by atoms with E-state index in [2.05, 4.69) is 40.8 Å².